The van der Waals surface area contributed by atoms with Crippen molar-refractivity contribution in [3.8, 4) is 0 Å². The Morgan fingerprint density at radius 3 is 2.89 bits per heavy atom. The molecule has 2 aromatic heterocycles. The monoisotopic (exact) mass is 478 g/mol. The molecule has 1 aromatic carbocycles. The van der Waals surface area contributed by atoms with Crippen LogP contribution in [-0.4, -0.2) is 37.9 Å². The number of nitrogens with zero attached hydrogens (tertiary/aromatic N) is 5. The van der Waals surface area contributed by atoms with Crippen LogP contribution in [0.25, 0.3) is 28.6 Å². The fourth-order valence-electron chi connectivity index (χ4n) is 6.34. The summed E-state index contributed by atoms with van der Waals surface area (Å²) in [6, 6.07) is 1.80. The molecule has 0 bridgehead atoms. The zero-order valence-electron chi connectivity index (χ0n) is 20.7. The second-order valence-corrected chi connectivity index (χ2v) is 10.7. The lowest BCUT2D eigenvalue weighted by molar-refractivity contribution is -0.536. The third kappa shape index (κ3) is 3.13. The Morgan fingerprint density at radius 2 is 2.08 bits per heavy atom. The van der Waals surface area contributed by atoms with Gasteiger partial charge in [-0.1, -0.05) is 39.0 Å². The normalized spacial score (nSPS) is 21.7. The fraction of sp³-hybridized carbons (Fsp3) is 0.357. The van der Waals surface area contributed by atoms with Gasteiger partial charge in [0, 0.05) is 56.1 Å². The van der Waals surface area contributed by atoms with Gasteiger partial charge in [0.15, 0.2) is 4.87 Å². The molecule has 2 aliphatic carbocycles. The molecule has 0 spiro atoms. The highest BCUT2D eigenvalue weighted by atomic mass is 16.3. The summed E-state index contributed by atoms with van der Waals surface area (Å²) in [6.45, 7) is 7.51. The van der Waals surface area contributed by atoms with Crippen molar-refractivity contribution in [1.82, 2.24) is 15.0 Å². The van der Waals surface area contributed by atoms with E-state index in [9.17, 15) is 4.91 Å². The van der Waals surface area contributed by atoms with Crippen LogP contribution in [0, 0.1) is 22.7 Å². The molecule has 2 N–H and O–H groups in total. The standard InChI is InChI=1S/C28H28N7O/c1-14(2)9-16-5-6-17-21(11-16)32-26-18-10-15(3)25-20(13-35(36)34-25)22(18)19-12-31-27(24(19)23(17)26)33-28-29-7-4-8-30-28/h4-8,10,14-16,32H,9,11-13H2,1-3H3,(H,29,30,31,33)/q+1. The molecule has 36 heavy (non-hydrogen) atoms. The highest BCUT2D eigenvalue weighted by Crippen LogP contribution is 2.36. The van der Waals surface area contributed by atoms with Crippen LogP contribution in [0.3, 0.4) is 0 Å². The van der Waals surface area contributed by atoms with Crippen molar-refractivity contribution in [2.45, 2.75) is 40.2 Å². The lowest BCUT2D eigenvalue weighted by Crippen LogP contribution is -2.40. The Hall–Kier alpha value is -3.94. The van der Waals surface area contributed by atoms with Crippen LogP contribution in [0.1, 0.15) is 49.6 Å². The number of amidine groups is 1. The molecule has 0 saturated carbocycles. The molecule has 2 aliphatic heterocycles. The summed E-state index contributed by atoms with van der Waals surface area (Å²) in [5.41, 5.74) is 7.78. The number of aromatic amines is 1. The van der Waals surface area contributed by atoms with Gasteiger partial charge in [0.1, 0.15) is 11.5 Å². The van der Waals surface area contributed by atoms with Crippen molar-refractivity contribution in [3.63, 3.8) is 0 Å². The molecule has 3 aromatic rings. The van der Waals surface area contributed by atoms with Crippen molar-refractivity contribution in [2.75, 3.05) is 11.9 Å². The first kappa shape index (κ1) is 21.4. The number of hydrazone groups is 1. The number of aromatic nitrogens is 3. The summed E-state index contributed by atoms with van der Waals surface area (Å²) in [4.78, 5) is 30.6. The number of benzene rings is 1. The summed E-state index contributed by atoms with van der Waals surface area (Å²) in [5, 5.41) is 11.2. The number of aliphatic imine (C=N–C) groups is 1. The number of H-pyrrole nitrogens is 1. The Bertz CT molecular complexity index is 1670. The topological polar surface area (TPSA) is 98.4 Å². The largest absolute Gasteiger partial charge is 0.357 e. The first-order valence-electron chi connectivity index (χ1n) is 12.7. The van der Waals surface area contributed by atoms with E-state index >= 15 is 0 Å². The van der Waals surface area contributed by atoms with E-state index in [1.165, 1.54) is 28.3 Å². The number of nitrogens with one attached hydrogen (secondary N) is 2. The predicted octanol–water partition coefficient (Wildman–Crippen LogP) is 3.29. The minimum atomic E-state index is 0.0786. The first-order valence-corrected chi connectivity index (χ1v) is 12.7. The third-order valence-corrected chi connectivity index (χ3v) is 7.69. The second kappa shape index (κ2) is 7.78. The average Bonchev–Trinajstić information content (AvgIpc) is 3.54. The van der Waals surface area contributed by atoms with Gasteiger partial charge in [-0.2, -0.15) is 0 Å². The number of fused-ring (bicyclic) bond motifs is 9. The van der Waals surface area contributed by atoms with Crippen molar-refractivity contribution < 1.29 is 4.87 Å². The van der Waals surface area contributed by atoms with E-state index < -0.39 is 0 Å². The van der Waals surface area contributed by atoms with Crippen LogP contribution in [-0.2, 0) is 13.0 Å². The van der Waals surface area contributed by atoms with Gasteiger partial charge in [0.05, 0.1) is 22.5 Å². The van der Waals surface area contributed by atoms with Crippen LogP contribution in [0.5, 0.6) is 0 Å². The molecule has 8 nitrogen and oxygen atoms in total. The molecule has 0 saturated heterocycles. The Morgan fingerprint density at radius 1 is 1.25 bits per heavy atom. The molecule has 0 fully saturated rings. The lowest BCUT2D eigenvalue weighted by atomic mass is 9.84. The maximum Gasteiger partial charge on any atom is 0.255 e. The van der Waals surface area contributed by atoms with E-state index in [-0.39, 0.29) is 12.5 Å². The van der Waals surface area contributed by atoms with Gasteiger partial charge in [0.25, 0.3) is 6.54 Å². The first-order chi connectivity index (χ1) is 17.5. The van der Waals surface area contributed by atoms with Gasteiger partial charge in [-0.05, 0) is 36.3 Å². The van der Waals surface area contributed by atoms with Gasteiger partial charge in [-0.15, -0.1) is 0 Å². The number of allylic oxidation sites excluding steroid dienone is 1. The van der Waals surface area contributed by atoms with Crippen LogP contribution < -0.4 is 15.8 Å². The van der Waals surface area contributed by atoms with Gasteiger partial charge in [-0.25, -0.2) is 9.97 Å². The Kier molecular flexibility index (Phi) is 4.61. The summed E-state index contributed by atoms with van der Waals surface area (Å²) in [6.07, 6.45) is 12.5. The van der Waals surface area contributed by atoms with Gasteiger partial charge in [-0.3, -0.25) is 4.99 Å². The Labute approximate surface area is 208 Å². The van der Waals surface area contributed by atoms with Crippen LogP contribution in [0.2, 0.25) is 0 Å². The van der Waals surface area contributed by atoms with Crippen molar-refractivity contribution in [3.05, 3.63) is 62.3 Å². The molecule has 2 unspecified atom stereocenters. The maximum absolute atomic E-state index is 12.3. The van der Waals surface area contributed by atoms with Crippen molar-refractivity contribution >= 4 is 46.1 Å². The highest BCUT2D eigenvalue weighted by Gasteiger charge is 2.37. The SMILES string of the molecule is CC(C)CC1C=Cc2c([nH]c3c4c(c5c(c23)C(Nc2ncccn2)=NC5)=C2C[N+](=O)N=C2C(C)C=4)C1. The molecule has 4 heterocycles. The summed E-state index contributed by atoms with van der Waals surface area (Å²) in [7, 11) is 0. The number of anilines is 1. The second-order valence-electron chi connectivity index (χ2n) is 10.7. The number of hydrogen-bond acceptors (Lipinski definition) is 5. The molecule has 0 amide bonds. The summed E-state index contributed by atoms with van der Waals surface area (Å²) >= 11 is 0. The lowest BCUT2D eigenvalue weighted by Gasteiger charge is -2.19. The molecule has 180 valence electrons. The molecule has 7 rings (SSSR count). The molecule has 2 atom stereocenters. The third-order valence-electron chi connectivity index (χ3n) is 7.69. The molecule has 4 aliphatic rings. The maximum atomic E-state index is 12.3. The fourth-order valence-corrected chi connectivity index (χ4v) is 6.34. The smallest absolute Gasteiger partial charge is 0.255 e. The van der Waals surface area contributed by atoms with E-state index in [0.717, 1.165) is 50.3 Å². The number of hydrogen-bond donors (Lipinski definition) is 2. The van der Waals surface area contributed by atoms with Gasteiger partial charge in [0.2, 0.25) is 5.95 Å². The number of nitroso groups, excluding NO2 is 1. The van der Waals surface area contributed by atoms with Gasteiger partial charge < -0.3 is 10.3 Å². The predicted molar refractivity (Wildman–Crippen MR) is 142 cm³/mol. The van der Waals surface area contributed by atoms with Crippen LogP contribution in [0.4, 0.5) is 5.95 Å². The minimum absolute atomic E-state index is 0.0786. The molecular weight excluding hydrogens is 450 g/mol. The van der Waals surface area contributed by atoms with Crippen molar-refractivity contribution in [1.29, 1.82) is 0 Å². The Balaban J connectivity index is 1.52. The van der Waals surface area contributed by atoms with Crippen molar-refractivity contribution in [2.24, 2.45) is 27.8 Å². The average molecular weight is 479 g/mol. The van der Waals surface area contributed by atoms with Crippen LogP contribution >= 0.6 is 0 Å². The minimum Gasteiger partial charge on any atom is -0.357 e. The molecular formula is C28H28N7O+. The van der Waals surface area contributed by atoms with E-state index in [0.29, 0.717) is 24.3 Å². The molecule has 8 heteroatoms. The summed E-state index contributed by atoms with van der Waals surface area (Å²) < 4.78 is 0. The molecule has 0 radical (unpaired) electrons. The zero-order chi connectivity index (χ0) is 24.6. The van der Waals surface area contributed by atoms with E-state index in [1.807, 2.05) is 0 Å². The van der Waals surface area contributed by atoms with E-state index in [1.54, 1.807) is 18.5 Å². The number of rotatable bonds is 3. The highest BCUT2D eigenvalue weighted by molar-refractivity contribution is 6.25. The van der Waals surface area contributed by atoms with E-state index in [2.05, 4.69) is 64.4 Å². The van der Waals surface area contributed by atoms with E-state index in [4.69, 9.17) is 4.99 Å². The quantitative estimate of drug-likeness (QED) is 0.565. The zero-order valence-corrected chi connectivity index (χ0v) is 20.7. The van der Waals surface area contributed by atoms with Gasteiger partial charge >= 0.3 is 0 Å². The van der Waals surface area contributed by atoms with Crippen LogP contribution in [0.15, 0.2) is 34.6 Å². The summed E-state index contributed by atoms with van der Waals surface area (Å²) in [5.74, 6) is 2.55.